The molecule has 6 heteroatoms. The molecule has 0 atom stereocenters. The summed E-state index contributed by atoms with van der Waals surface area (Å²) >= 11 is 0. The maximum absolute atomic E-state index is 12.1. The summed E-state index contributed by atoms with van der Waals surface area (Å²) in [7, 11) is 1.62. The van der Waals surface area contributed by atoms with Gasteiger partial charge in [0.1, 0.15) is 28.9 Å². The van der Waals surface area contributed by atoms with Gasteiger partial charge in [-0.1, -0.05) is 24.3 Å². The largest absolute Gasteiger partial charge is 0.508 e. The Morgan fingerprint density at radius 1 is 1.21 bits per heavy atom. The molecule has 0 radical (unpaired) electrons. The Bertz CT molecular complexity index is 935. The quantitative estimate of drug-likeness (QED) is 0.390. The summed E-state index contributed by atoms with van der Waals surface area (Å²) in [5, 5.41) is 30.8. The number of aryl methyl sites for hydroxylation is 1. The van der Waals surface area contributed by atoms with Crippen LogP contribution in [0, 0.1) is 18.3 Å². The summed E-state index contributed by atoms with van der Waals surface area (Å²) in [4.78, 5) is 12.1. The van der Waals surface area contributed by atoms with Gasteiger partial charge in [0.25, 0.3) is 5.91 Å². The van der Waals surface area contributed by atoms with E-state index in [2.05, 4.69) is 5.32 Å². The highest BCUT2D eigenvalue weighted by Gasteiger charge is 2.07. The maximum Gasteiger partial charge on any atom is 0.261 e. The molecule has 144 valence electrons. The molecule has 0 aliphatic carbocycles. The highest BCUT2D eigenvalue weighted by Crippen LogP contribution is 2.21. The molecule has 0 aromatic heterocycles. The lowest BCUT2D eigenvalue weighted by molar-refractivity contribution is -0.117. The van der Waals surface area contributed by atoms with Gasteiger partial charge in [-0.15, -0.1) is 0 Å². The van der Waals surface area contributed by atoms with Gasteiger partial charge in [0.05, 0.1) is 7.11 Å². The van der Waals surface area contributed by atoms with Gasteiger partial charge in [0.15, 0.2) is 0 Å². The van der Waals surface area contributed by atoms with E-state index in [9.17, 15) is 20.3 Å². The van der Waals surface area contributed by atoms with Crippen LogP contribution in [0.2, 0.25) is 0 Å². The average molecular weight is 378 g/mol. The van der Waals surface area contributed by atoms with Crippen LogP contribution in [0.25, 0.3) is 6.08 Å². The van der Waals surface area contributed by atoms with Crippen molar-refractivity contribution < 1.29 is 19.7 Å². The smallest absolute Gasteiger partial charge is 0.261 e. The minimum absolute atomic E-state index is 0.0356. The van der Waals surface area contributed by atoms with Crippen LogP contribution >= 0.6 is 0 Å². The lowest BCUT2D eigenvalue weighted by atomic mass is 10.1. The van der Waals surface area contributed by atoms with Crippen molar-refractivity contribution >= 4 is 12.0 Å². The van der Waals surface area contributed by atoms with E-state index in [1.807, 2.05) is 31.2 Å². The molecule has 2 rings (SSSR count). The normalized spacial score (nSPS) is 11.2. The summed E-state index contributed by atoms with van der Waals surface area (Å²) in [6, 6.07) is 11.8. The number of phenolic OH excluding ortho intramolecular Hbond substituents is 2. The minimum atomic E-state index is -0.462. The number of carbonyl (C=O) groups excluding carboxylic acids is 1. The Balaban J connectivity index is 1.93. The monoisotopic (exact) mass is 378 g/mol. The SMILES string of the molecule is COc1ccc(CCNC(=O)/C(C#N)=C/C=C/c2cc(O)cc(O)c2)cc1C. The molecular formula is C22H22N2O4. The number of hydrogen-bond acceptors (Lipinski definition) is 5. The van der Waals surface area contributed by atoms with Crippen molar-refractivity contribution in [2.75, 3.05) is 13.7 Å². The molecule has 0 spiro atoms. The van der Waals surface area contributed by atoms with Gasteiger partial charge in [-0.3, -0.25) is 4.79 Å². The summed E-state index contributed by atoms with van der Waals surface area (Å²) in [6.45, 7) is 2.35. The number of nitriles is 1. The molecule has 0 saturated heterocycles. The third kappa shape index (κ3) is 5.92. The molecule has 0 aliphatic heterocycles. The second kappa shape index (κ2) is 9.83. The van der Waals surface area contributed by atoms with Crippen molar-refractivity contribution in [3.05, 3.63) is 70.8 Å². The van der Waals surface area contributed by atoms with Crippen molar-refractivity contribution in [2.45, 2.75) is 13.3 Å². The van der Waals surface area contributed by atoms with Gasteiger partial charge < -0.3 is 20.3 Å². The molecule has 0 unspecified atom stereocenters. The minimum Gasteiger partial charge on any atom is -0.508 e. The zero-order valence-corrected chi connectivity index (χ0v) is 15.8. The summed E-state index contributed by atoms with van der Waals surface area (Å²) in [6.07, 6.45) is 5.10. The number of nitrogens with one attached hydrogen (secondary N) is 1. The number of methoxy groups -OCH3 is 1. The summed E-state index contributed by atoms with van der Waals surface area (Å²) in [5.41, 5.74) is 2.59. The predicted molar refractivity (Wildman–Crippen MR) is 107 cm³/mol. The number of amides is 1. The molecule has 0 aliphatic rings. The molecular weight excluding hydrogens is 356 g/mol. The number of carbonyl (C=O) groups is 1. The van der Waals surface area contributed by atoms with Gasteiger partial charge in [0.2, 0.25) is 0 Å². The van der Waals surface area contributed by atoms with Crippen molar-refractivity contribution in [1.29, 1.82) is 5.26 Å². The second-order valence-electron chi connectivity index (χ2n) is 6.14. The van der Waals surface area contributed by atoms with Crippen LogP contribution < -0.4 is 10.1 Å². The molecule has 1 amide bonds. The van der Waals surface area contributed by atoms with E-state index in [1.54, 1.807) is 13.2 Å². The average Bonchev–Trinajstić information content (AvgIpc) is 2.64. The van der Waals surface area contributed by atoms with Crippen molar-refractivity contribution in [2.24, 2.45) is 0 Å². The van der Waals surface area contributed by atoms with Gasteiger partial charge in [-0.2, -0.15) is 5.26 Å². The molecule has 0 bridgehead atoms. The molecule has 2 aromatic carbocycles. The van der Waals surface area contributed by atoms with Gasteiger partial charge >= 0.3 is 0 Å². The molecule has 6 nitrogen and oxygen atoms in total. The lowest BCUT2D eigenvalue weighted by Gasteiger charge is -2.08. The van der Waals surface area contributed by atoms with Gasteiger partial charge in [-0.25, -0.2) is 0 Å². The highest BCUT2D eigenvalue weighted by atomic mass is 16.5. The van der Waals surface area contributed by atoms with E-state index in [-0.39, 0.29) is 17.1 Å². The van der Waals surface area contributed by atoms with E-state index < -0.39 is 5.91 Å². The molecule has 28 heavy (non-hydrogen) atoms. The molecule has 2 aromatic rings. The van der Waals surface area contributed by atoms with Crippen LogP contribution in [0.1, 0.15) is 16.7 Å². The first-order valence-corrected chi connectivity index (χ1v) is 8.66. The summed E-state index contributed by atoms with van der Waals surface area (Å²) < 4.78 is 5.22. The summed E-state index contributed by atoms with van der Waals surface area (Å²) in [5.74, 6) is 0.205. The highest BCUT2D eigenvalue weighted by molar-refractivity contribution is 5.97. The number of nitrogens with zero attached hydrogens (tertiary/aromatic N) is 1. The van der Waals surface area contributed by atoms with Crippen LogP contribution in [0.4, 0.5) is 0 Å². The van der Waals surface area contributed by atoms with Crippen LogP contribution in [-0.4, -0.2) is 29.8 Å². The number of rotatable bonds is 7. The fraction of sp³-hybridized carbons (Fsp3) is 0.182. The number of ether oxygens (including phenoxy) is 1. The molecule has 0 saturated carbocycles. The van der Waals surface area contributed by atoms with Gasteiger partial charge in [-0.05, 0) is 54.3 Å². The van der Waals surface area contributed by atoms with Crippen LogP contribution in [-0.2, 0) is 11.2 Å². The van der Waals surface area contributed by atoms with Crippen LogP contribution in [0.15, 0.2) is 54.1 Å². The van der Waals surface area contributed by atoms with E-state index in [1.165, 1.54) is 30.4 Å². The molecule has 0 heterocycles. The fourth-order valence-electron chi connectivity index (χ4n) is 2.65. The van der Waals surface area contributed by atoms with Crippen LogP contribution in [0.5, 0.6) is 17.2 Å². The Hall–Kier alpha value is -3.72. The number of hydrogen-bond donors (Lipinski definition) is 3. The zero-order valence-electron chi connectivity index (χ0n) is 15.8. The first-order valence-electron chi connectivity index (χ1n) is 8.66. The maximum atomic E-state index is 12.1. The second-order valence-corrected chi connectivity index (χ2v) is 6.14. The van der Waals surface area contributed by atoms with Crippen molar-refractivity contribution in [3.63, 3.8) is 0 Å². The molecule has 3 N–H and O–H groups in total. The molecule has 0 fully saturated rings. The predicted octanol–water partition coefficient (Wildman–Crippen LogP) is 3.24. The number of benzene rings is 2. The first-order chi connectivity index (χ1) is 13.4. The van der Waals surface area contributed by atoms with E-state index in [4.69, 9.17) is 4.74 Å². The third-order valence-electron chi connectivity index (χ3n) is 4.00. The van der Waals surface area contributed by atoms with E-state index in [0.29, 0.717) is 18.5 Å². The van der Waals surface area contributed by atoms with Crippen molar-refractivity contribution in [3.8, 4) is 23.3 Å². The standard InChI is InChI=1S/C22H22N2O4/c1-15-10-16(6-7-21(15)28-2)8-9-24-22(27)18(14-23)5-3-4-17-11-19(25)13-20(26)12-17/h3-7,10-13,25-26H,8-9H2,1-2H3,(H,24,27)/b4-3+,18-5+. The van der Waals surface area contributed by atoms with Crippen molar-refractivity contribution in [1.82, 2.24) is 5.32 Å². The topological polar surface area (TPSA) is 103 Å². The zero-order chi connectivity index (χ0) is 20.5. The van der Waals surface area contributed by atoms with Gasteiger partial charge in [0, 0.05) is 12.6 Å². The Kier molecular flexibility index (Phi) is 7.23. The van der Waals surface area contributed by atoms with E-state index >= 15 is 0 Å². The Morgan fingerprint density at radius 3 is 2.54 bits per heavy atom. The number of allylic oxidation sites excluding steroid dienone is 2. The number of phenols is 2. The third-order valence-corrected chi connectivity index (χ3v) is 4.00. The Labute approximate surface area is 164 Å². The first kappa shape index (κ1) is 20.6. The van der Waals surface area contributed by atoms with Crippen LogP contribution in [0.3, 0.4) is 0 Å². The lowest BCUT2D eigenvalue weighted by Crippen LogP contribution is -2.26. The Morgan fingerprint density at radius 2 is 1.93 bits per heavy atom. The number of aromatic hydroxyl groups is 2. The fourth-order valence-corrected chi connectivity index (χ4v) is 2.65. The van der Waals surface area contributed by atoms with E-state index in [0.717, 1.165) is 16.9 Å².